The Hall–Kier alpha value is -1.03. The molecule has 2 heterocycles. The average Bonchev–Trinajstić information content (AvgIpc) is 2.61. The van der Waals surface area contributed by atoms with Crippen LogP contribution in [-0.2, 0) is 11.3 Å². The Morgan fingerprint density at radius 1 is 1.57 bits per heavy atom. The van der Waals surface area contributed by atoms with Crippen molar-refractivity contribution < 1.29 is 9.84 Å². The Kier molecular flexibility index (Phi) is 2.72. The number of ether oxygens (including phenoxy) is 1. The molecule has 0 amide bonds. The van der Waals surface area contributed by atoms with E-state index in [1.807, 2.05) is 11.6 Å². The van der Waals surface area contributed by atoms with Crippen LogP contribution in [-0.4, -0.2) is 28.1 Å². The van der Waals surface area contributed by atoms with E-state index in [2.05, 4.69) is 5.10 Å². The van der Waals surface area contributed by atoms with E-state index < -0.39 is 0 Å². The van der Waals surface area contributed by atoms with E-state index in [0.717, 1.165) is 38.3 Å². The van der Waals surface area contributed by atoms with Crippen molar-refractivity contribution in [3.05, 3.63) is 11.9 Å². The quantitative estimate of drug-likeness (QED) is 0.779. The van der Waals surface area contributed by atoms with Crippen LogP contribution >= 0.6 is 0 Å². The molecule has 1 aliphatic rings. The predicted molar refractivity (Wildman–Crippen MR) is 52.4 cm³/mol. The highest BCUT2D eigenvalue weighted by atomic mass is 16.5. The summed E-state index contributed by atoms with van der Waals surface area (Å²) in [6.07, 6.45) is 3.51. The number of aromatic hydroxyl groups is 1. The molecule has 0 radical (unpaired) electrons. The standard InChI is InChI=1S/C10H16N2O2/c1-2-12-10(9(13)7-11-12)8-3-5-14-6-4-8/h7-8,13H,2-6H2,1H3. The van der Waals surface area contributed by atoms with Gasteiger partial charge < -0.3 is 9.84 Å². The molecule has 1 fully saturated rings. The second kappa shape index (κ2) is 4.00. The second-order valence-corrected chi connectivity index (χ2v) is 3.62. The SMILES string of the molecule is CCn1ncc(O)c1C1CCOCC1. The average molecular weight is 196 g/mol. The van der Waals surface area contributed by atoms with Crippen molar-refractivity contribution in [1.82, 2.24) is 9.78 Å². The summed E-state index contributed by atoms with van der Waals surface area (Å²) in [5.41, 5.74) is 0.982. The third-order valence-electron chi connectivity index (χ3n) is 2.77. The minimum Gasteiger partial charge on any atom is -0.504 e. The first-order valence-corrected chi connectivity index (χ1v) is 5.15. The fourth-order valence-corrected chi connectivity index (χ4v) is 2.03. The van der Waals surface area contributed by atoms with Crippen LogP contribution in [0.3, 0.4) is 0 Å². The molecule has 1 N–H and O–H groups in total. The summed E-state index contributed by atoms with van der Waals surface area (Å²) >= 11 is 0. The zero-order chi connectivity index (χ0) is 9.97. The molecule has 0 bridgehead atoms. The highest BCUT2D eigenvalue weighted by molar-refractivity contribution is 5.27. The highest BCUT2D eigenvalue weighted by Gasteiger charge is 2.22. The summed E-state index contributed by atoms with van der Waals surface area (Å²) in [5, 5.41) is 13.8. The summed E-state index contributed by atoms with van der Waals surface area (Å²) in [5.74, 6) is 0.741. The molecule has 78 valence electrons. The van der Waals surface area contributed by atoms with Gasteiger partial charge in [-0.3, -0.25) is 4.68 Å². The van der Waals surface area contributed by atoms with Gasteiger partial charge in [0.15, 0.2) is 5.75 Å². The molecule has 4 heteroatoms. The van der Waals surface area contributed by atoms with E-state index in [4.69, 9.17) is 4.74 Å². The minimum absolute atomic E-state index is 0.332. The van der Waals surface area contributed by atoms with Crippen LogP contribution in [0, 0.1) is 0 Å². The summed E-state index contributed by atoms with van der Waals surface area (Å²) in [7, 11) is 0. The molecule has 0 spiro atoms. The van der Waals surface area contributed by atoms with Crippen molar-refractivity contribution in [3.63, 3.8) is 0 Å². The largest absolute Gasteiger partial charge is 0.504 e. The highest BCUT2D eigenvalue weighted by Crippen LogP contribution is 2.32. The number of aromatic nitrogens is 2. The van der Waals surface area contributed by atoms with Crippen molar-refractivity contribution in [2.24, 2.45) is 0 Å². The number of aryl methyl sites for hydroxylation is 1. The van der Waals surface area contributed by atoms with Gasteiger partial charge in [-0.2, -0.15) is 5.10 Å². The molecule has 1 saturated heterocycles. The number of hydrogen-bond donors (Lipinski definition) is 1. The molecule has 2 rings (SSSR count). The Morgan fingerprint density at radius 2 is 2.29 bits per heavy atom. The molecule has 0 unspecified atom stereocenters. The first-order valence-electron chi connectivity index (χ1n) is 5.15. The fourth-order valence-electron chi connectivity index (χ4n) is 2.03. The maximum Gasteiger partial charge on any atom is 0.157 e. The minimum atomic E-state index is 0.332. The van der Waals surface area contributed by atoms with Crippen LogP contribution in [0.2, 0.25) is 0 Å². The van der Waals surface area contributed by atoms with Crippen molar-refractivity contribution in [2.45, 2.75) is 32.2 Å². The van der Waals surface area contributed by atoms with E-state index >= 15 is 0 Å². The Bertz CT molecular complexity index is 303. The summed E-state index contributed by atoms with van der Waals surface area (Å²) < 4.78 is 7.18. The van der Waals surface area contributed by atoms with Gasteiger partial charge in [0.1, 0.15) is 0 Å². The van der Waals surface area contributed by atoms with Gasteiger partial charge in [0.2, 0.25) is 0 Å². The molecule has 1 aromatic heterocycles. The second-order valence-electron chi connectivity index (χ2n) is 3.62. The van der Waals surface area contributed by atoms with Crippen LogP contribution in [0.25, 0.3) is 0 Å². The van der Waals surface area contributed by atoms with Gasteiger partial charge in [0.25, 0.3) is 0 Å². The first-order chi connectivity index (χ1) is 6.83. The Morgan fingerprint density at radius 3 is 2.93 bits per heavy atom. The lowest BCUT2D eigenvalue weighted by atomic mass is 9.96. The fraction of sp³-hybridized carbons (Fsp3) is 0.700. The predicted octanol–water partition coefficient (Wildman–Crippen LogP) is 1.50. The summed E-state index contributed by atoms with van der Waals surface area (Å²) in [6, 6.07) is 0. The maximum atomic E-state index is 9.69. The number of nitrogens with zero attached hydrogens (tertiary/aromatic N) is 2. The van der Waals surface area contributed by atoms with E-state index in [9.17, 15) is 5.11 Å². The summed E-state index contributed by atoms with van der Waals surface area (Å²) in [6.45, 7) is 4.43. The van der Waals surface area contributed by atoms with Gasteiger partial charge in [-0.25, -0.2) is 0 Å². The monoisotopic (exact) mass is 196 g/mol. The van der Waals surface area contributed by atoms with Gasteiger partial charge in [-0.05, 0) is 19.8 Å². The molecule has 0 atom stereocenters. The van der Waals surface area contributed by atoms with Gasteiger partial charge in [0.05, 0.1) is 11.9 Å². The molecule has 0 aliphatic carbocycles. The summed E-state index contributed by atoms with van der Waals surface area (Å²) in [4.78, 5) is 0. The smallest absolute Gasteiger partial charge is 0.157 e. The van der Waals surface area contributed by atoms with Gasteiger partial charge in [-0.1, -0.05) is 0 Å². The molecule has 14 heavy (non-hydrogen) atoms. The molecular weight excluding hydrogens is 180 g/mol. The number of hydrogen-bond acceptors (Lipinski definition) is 3. The number of rotatable bonds is 2. The van der Waals surface area contributed by atoms with E-state index in [1.54, 1.807) is 0 Å². The third kappa shape index (κ3) is 1.62. The lowest BCUT2D eigenvalue weighted by Gasteiger charge is -2.22. The zero-order valence-electron chi connectivity index (χ0n) is 8.44. The maximum absolute atomic E-state index is 9.69. The molecular formula is C10H16N2O2. The normalized spacial score (nSPS) is 18.6. The van der Waals surface area contributed by atoms with Crippen molar-refractivity contribution >= 4 is 0 Å². The topological polar surface area (TPSA) is 47.3 Å². The van der Waals surface area contributed by atoms with E-state index in [1.165, 1.54) is 6.20 Å². The van der Waals surface area contributed by atoms with Crippen molar-refractivity contribution in [2.75, 3.05) is 13.2 Å². The Balaban J connectivity index is 2.23. The van der Waals surface area contributed by atoms with Gasteiger partial charge >= 0.3 is 0 Å². The zero-order valence-corrected chi connectivity index (χ0v) is 8.44. The van der Waals surface area contributed by atoms with Crippen LogP contribution in [0.5, 0.6) is 5.75 Å². The molecule has 0 aromatic carbocycles. The van der Waals surface area contributed by atoms with E-state index in [-0.39, 0.29) is 0 Å². The lowest BCUT2D eigenvalue weighted by molar-refractivity contribution is 0.0830. The van der Waals surface area contributed by atoms with E-state index in [0.29, 0.717) is 11.7 Å². The molecule has 1 aliphatic heterocycles. The van der Waals surface area contributed by atoms with Crippen LogP contribution < -0.4 is 0 Å². The molecule has 0 saturated carbocycles. The molecule has 1 aromatic rings. The van der Waals surface area contributed by atoms with Crippen LogP contribution in [0.4, 0.5) is 0 Å². The van der Waals surface area contributed by atoms with Crippen molar-refractivity contribution in [3.8, 4) is 5.75 Å². The third-order valence-corrected chi connectivity index (χ3v) is 2.77. The lowest BCUT2D eigenvalue weighted by Crippen LogP contribution is -2.17. The van der Waals surface area contributed by atoms with Gasteiger partial charge in [0, 0.05) is 25.7 Å². The van der Waals surface area contributed by atoms with Crippen molar-refractivity contribution in [1.29, 1.82) is 0 Å². The van der Waals surface area contributed by atoms with Crippen LogP contribution in [0.15, 0.2) is 6.20 Å². The molecule has 4 nitrogen and oxygen atoms in total. The Labute approximate surface area is 83.5 Å². The van der Waals surface area contributed by atoms with Crippen LogP contribution in [0.1, 0.15) is 31.4 Å². The first kappa shape index (κ1) is 9.52. The van der Waals surface area contributed by atoms with Gasteiger partial charge in [-0.15, -0.1) is 0 Å².